The van der Waals surface area contributed by atoms with E-state index in [1.165, 1.54) is 16.3 Å². The number of tetrazole rings is 1. The summed E-state index contributed by atoms with van der Waals surface area (Å²) in [7, 11) is 1.62. The molecule has 0 aliphatic carbocycles. The number of aryl methyl sites for hydroxylation is 2. The molecule has 1 N–H and O–H groups in total. The summed E-state index contributed by atoms with van der Waals surface area (Å²) in [6.07, 6.45) is 0. The smallest absolute Gasteiger partial charge is 0.329 e. The van der Waals surface area contributed by atoms with Crippen LogP contribution in [0.25, 0.3) is 16.9 Å². The number of nitrogens with one attached hydrogen (secondary N) is 1. The Morgan fingerprint density at radius 1 is 1.09 bits per heavy atom. The van der Waals surface area contributed by atoms with Gasteiger partial charge in [0, 0.05) is 45.5 Å². The normalized spacial score (nSPS) is 14.8. The molecule has 0 unspecified atom stereocenters. The molecule has 13 heteroatoms. The highest BCUT2D eigenvalue weighted by atomic mass is 32.2. The number of H-pyrrole nitrogens is 1. The van der Waals surface area contributed by atoms with Gasteiger partial charge in [-0.3, -0.25) is 14.3 Å². The third-order valence-electron chi connectivity index (χ3n) is 6.08. The second-order valence-electron chi connectivity index (χ2n) is 8.03. The SMILES string of the molecule is CCN1CCN(c2nc3c(c(=O)[nH]c(=O)n3C)n2CCSc2nnnn2-c2ccccc2)CC1. The zero-order valence-corrected chi connectivity index (χ0v) is 19.9. The second kappa shape index (κ2) is 9.43. The molecule has 0 bridgehead atoms. The lowest BCUT2D eigenvalue weighted by Crippen LogP contribution is -2.47. The standard InChI is InChI=1S/C21H26N10O2S/c1-3-28-9-11-29(12-10-28)19-22-17-16(18(32)23-20(33)27(17)2)30(19)13-14-34-21-24-25-26-31(21)15-7-5-4-6-8-15/h4-8H,3,9-14H2,1-2H3,(H,23,32,33). The number of rotatable bonds is 7. The Morgan fingerprint density at radius 2 is 1.85 bits per heavy atom. The van der Waals surface area contributed by atoms with Gasteiger partial charge in [-0.2, -0.15) is 9.67 Å². The van der Waals surface area contributed by atoms with Gasteiger partial charge in [0.05, 0.1) is 5.69 Å². The van der Waals surface area contributed by atoms with E-state index in [4.69, 9.17) is 4.98 Å². The molecule has 0 radical (unpaired) electrons. The van der Waals surface area contributed by atoms with Gasteiger partial charge in [-0.05, 0) is 29.1 Å². The summed E-state index contributed by atoms with van der Waals surface area (Å²) in [6.45, 7) is 7.13. The molecule has 178 valence electrons. The van der Waals surface area contributed by atoms with Crippen LogP contribution in [0.3, 0.4) is 0 Å². The first kappa shape index (κ1) is 22.3. The van der Waals surface area contributed by atoms with Gasteiger partial charge in [-0.1, -0.05) is 36.9 Å². The molecule has 1 aliphatic heterocycles. The maximum absolute atomic E-state index is 12.8. The zero-order chi connectivity index (χ0) is 23.7. The third kappa shape index (κ3) is 4.12. The number of imidazole rings is 1. The van der Waals surface area contributed by atoms with E-state index in [1.54, 1.807) is 11.7 Å². The van der Waals surface area contributed by atoms with E-state index in [2.05, 4.69) is 37.2 Å². The summed E-state index contributed by atoms with van der Waals surface area (Å²) in [5.74, 6) is 1.32. The van der Waals surface area contributed by atoms with Crippen LogP contribution in [0.1, 0.15) is 6.92 Å². The average Bonchev–Trinajstić information content (AvgIpc) is 3.49. The number of anilines is 1. The minimum Gasteiger partial charge on any atom is -0.340 e. The molecule has 5 rings (SSSR count). The van der Waals surface area contributed by atoms with Crippen molar-refractivity contribution in [3.63, 3.8) is 0 Å². The van der Waals surface area contributed by atoms with E-state index in [9.17, 15) is 9.59 Å². The average molecular weight is 483 g/mol. The van der Waals surface area contributed by atoms with Crippen molar-refractivity contribution in [2.75, 3.05) is 43.4 Å². The van der Waals surface area contributed by atoms with Crippen molar-refractivity contribution in [3.8, 4) is 5.69 Å². The van der Waals surface area contributed by atoms with E-state index < -0.39 is 11.2 Å². The van der Waals surface area contributed by atoms with Gasteiger partial charge in [0.15, 0.2) is 11.2 Å². The van der Waals surface area contributed by atoms with Crippen LogP contribution in [0.4, 0.5) is 5.95 Å². The highest BCUT2D eigenvalue weighted by Gasteiger charge is 2.24. The Balaban J connectivity index is 1.45. The summed E-state index contributed by atoms with van der Waals surface area (Å²) < 4.78 is 5.00. The van der Waals surface area contributed by atoms with E-state index in [0.717, 1.165) is 38.4 Å². The van der Waals surface area contributed by atoms with Gasteiger partial charge >= 0.3 is 5.69 Å². The first-order valence-corrected chi connectivity index (χ1v) is 12.2. The fourth-order valence-corrected chi connectivity index (χ4v) is 4.98. The van der Waals surface area contributed by atoms with Gasteiger partial charge in [0.25, 0.3) is 5.56 Å². The van der Waals surface area contributed by atoms with Crippen molar-refractivity contribution >= 4 is 28.9 Å². The molecule has 12 nitrogen and oxygen atoms in total. The minimum absolute atomic E-state index is 0.390. The molecule has 4 aromatic rings. The monoisotopic (exact) mass is 482 g/mol. The number of para-hydroxylation sites is 1. The number of thioether (sulfide) groups is 1. The van der Waals surface area contributed by atoms with Gasteiger partial charge in [0.2, 0.25) is 11.1 Å². The minimum atomic E-state index is -0.471. The summed E-state index contributed by atoms with van der Waals surface area (Å²) in [4.78, 5) is 36.7. The van der Waals surface area contributed by atoms with Crippen LogP contribution in [-0.2, 0) is 13.6 Å². The van der Waals surface area contributed by atoms with Crippen molar-refractivity contribution in [3.05, 3.63) is 51.2 Å². The molecule has 1 aliphatic rings. The molecule has 1 aromatic carbocycles. The molecule has 4 heterocycles. The van der Waals surface area contributed by atoms with Gasteiger partial charge < -0.3 is 14.4 Å². The summed E-state index contributed by atoms with van der Waals surface area (Å²) in [5, 5.41) is 12.7. The highest BCUT2D eigenvalue weighted by molar-refractivity contribution is 7.99. The van der Waals surface area contributed by atoms with Crippen LogP contribution in [0.15, 0.2) is 45.1 Å². The first-order valence-electron chi connectivity index (χ1n) is 11.2. The number of fused-ring (bicyclic) bond motifs is 1. The summed E-state index contributed by atoms with van der Waals surface area (Å²) >= 11 is 1.50. The number of piperazine rings is 1. The molecule has 3 aromatic heterocycles. The van der Waals surface area contributed by atoms with Crippen molar-refractivity contribution in [2.24, 2.45) is 7.05 Å². The Bertz CT molecular complexity index is 1400. The molecule has 1 fully saturated rings. The molecule has 34 heavy (non-hydrogen) atoms. The van der Waals surface area contributed by atoms with E-state index in [1.807, 2.05) is 34.9 Å². The lowest BCUT2D eigenvalue weighted by atomic mass is 10.3. The molecule has 1 saturated heterocycles. The number of benzene rings is 1. The summed E-state index contributed by atoms with van der Waals surface area (Å²) in [6, 6.07) is 9.70. The van der Waals surface area contributed by atoms with E-state index in [0.29, 0.717) is 34.6 Å². The van der Waals surface area contributed by atoms with Crippen LogP contribution in [0.2, 0.25) is 0 Å². The third-order valence-corrected chi connectivity index (χ3v) is 6.98. The zero-order valence-electron chi connectivity index (χ0n) is 19.1. The lowest BCUT2D eigenvalue weighted by Gasteiger charge is -2.34. The molecule has 0 atom stereocenters. The molecule has 0 amide bonds. The molecular formula is C21H26N10O2S. The van der Waals surface area contributed by atoms with Crippen molar-refractivity contribution in [2.45, 2.75) is 18.6 Å². The first-order chi connectivity index (χ1) is 16.6. The van der Waals surface area contributed by atoms with Crippen LogP contribution < -0.4 is 16.1 Å². The Morgan fingerprint density at radius 3 is 2.59 bits per heavy atom. The largest absolute Gasteiger partial charge is 0.340 e. The van der Waals surface area contributed by atoms with Crippen molar-refractivity contribution in [1.82, 2.24) is 44.2 Å². The molecule has 0 saturated carbocycles. The fourth-order valence-electron chi connectivity index (χ4n) is 4.17. The number of nitrogens with zero attached hydrogens (tertiary/aromatic N) is 9. The van der Waals surface area contributed by atoms with Gasteiger partial charge in [0.1, 0.15) is 0 Å². The quantitative estimate of drug-likeness (QED) is 0.371. The van der Waals surface area contributed by atoms with E-state index >= 15 is 0 Å². The fraction of sp³-hybridized carbons (Fsp3) is 0.429. The number of hydrogen-bond acceptors (Lipinski definition) is 9. The Labute approximate surface area is 199 Å². The van der Waals surface area contributed by atoms with Crippen molar-refractivity contribution < 1.29 is 0 Å². The van der Waals surface area contributed by atoms with Crippen LogP contribution >= 0.6 is 11.8 Å². The number of aromatic nitrogens is 8. The number of aromatic amines is 1. The predicted octanol–water partition coefficient (Wildman–Crippen LogP) is 0.333. The lowest BCUT2D eigenvalue weighted by molar-refractivity contribution is 0.269. The van der Waals surface area contributed by atoms with Gasteiger partial charge in [-0.25, -0.2) is 4.79 Å². The van der Waals surface area contributed by atoms with Crippen LogP contribution in [0, 0.1) is 0 Å². The summed E-state index contributed by atoms with van der Waals surface area (Å²) in [5.41, 5.74) is 0.771. The Hall–Kier alpha value is -3.45. The highest BCUT2D eigenvalue weighted by Crippen LogP contribution is 2.24. The van der Waals surface area contributed by atoms with Crippen molar-refractivity contribution in [1.29, 1.82) is 0 Å². The molecule has 0 spiro atoms. The second-order valence-corrected chi connectivity index (χ2v) is 9.09. The number of likely N-dealkylation sites (N-methyl/N-ethyl adjacent to an activating group) is 1. The molecular weight excluding hydrogens is 456 g/mol. The maximum Gasteiger partial charge on any atom is 0.329 e. The predicted molar refractivity (Wildman–Crippen MR) is 130 cm³/mol. The van der Waals surface area contributed by atoms with Crippen LogP contribution in [-0.4, -0.2) is 82.7 Å². The van der Waals surface area contributed by atoms with Gasteiger partial charge in [-0.15, -0.1) is 5.10 Å². The topological polar surface area (TPSA) is 123 Å². The Kier molecular flexibility index (Phi) is 6.20. The number of hydrogen-bond donors (Lipinski definition) is 1. The van der Waals surface area contributed by atoms with E-state index in [-0.39, 0.29) is 0 Å². The maximum atomic E-state index is 12.8. The van der Waals surface area contributed by atoms with Crippen LogP contribution in [0.5, 0.6) is 0 Å².